The van der Waals surface area contributed by atoms with Gasteiger partial charge < -0.3 is 15.0 Å². The van der Waals surface area contributed by atoms with Gasteiger partial charge in [-0.2, -0.15) is 0 Å². The van der Waals surface area contributed by atoms with Crippen molar-refractivity contribution in [3.05, 3.63) is 28.2 Å². The van der Waals surface area contributed by atoms with Crippen molar-refractivity contribution in [1.29, 1.82) is 0 Å². The number of amides is 2. The Balaban J connectivity index is 2.12. The maximum atomic E-state index is 12.6. The molecule has 1 aromatic rings. The van der Waals surface area contributed by atoms with Crippen molar-refractivity contribution in [2.45, 2.75) is 31.7 Å². The van der Waals surface area contributed by atoms with Crippen LogP contribution < -0.4 is 10.1 Å². The lowest BCUT2D eigenvalue weighted by Gasteiger charge is -2.22. The molecule has 22 heavy (non-hydrogen) atoms. The van der Waals surface area contributed by atoms with Gasteiger partial charge in [0.2, 0.25) is 11.8 Å². The molecule has 1 aromatic carbocycles. The molecule has 0 fully saturated rings. The summed E-state index contributed by atoms with van der Waals surface area (Å²) in [5.74, 6) is 0.116. The fourth-order valence-electron chi connectivity index (χ4n) is 2.53. The summed E-state index contributed by atoms with van der Waals surface area (Å²) >= 11 is 3.41. The van der Waals surface area contributed by atoms with E-state index in [1.807, 2.05) is 25.1 Å². The number of halogens is 1. The molecular weight excluding hydrogens is 348 g/mol. The summed E-state index contributed by atoms with van der Waals surface area (Å²) in [6.07, 6.45) is 1.45. The molecule has 0 saturated carbocycles. The van der Waals surface area contributed by atoms with Crippen molar-refractivity contribution in [3.8, 4) is 5.75 Å². The lowest BCUT2D eigenvalue weighted by molar-refractivity contribution is -0.135. The van der Waals surface area contributed by atoms with E-state index in [0.717, 1.165) is 22.2 Å². The summed E-state index contributed by atoms with van der Waals surface area (Å²) in [7, 11) is 3.39. The molecule has 2 amide bonds. The number of nitrogens with one attached hydrogen (secondary N) is 1. The minimum absolute atomic E-state index is 0.0800. The molecule has 0 spiro atoms. The highest BCUT2D eigenvalue weighted by atomic mass is 79.9. The smallest absolute Gasteiger partial charge is 0.244 e. The van der Waals surface area contributed by atoms with Crippen LogP contribution in [0.1, 0.15) is 31.2 Å². The van der Waals surface area contributed by atoms with E-state index in [1.54, 1.807) is 14.1 Å². The van der Waals surface area contributed by atoms with E-state index in [0.29, 0.717) is 13.0 Å². The highest BCUT2D eigenvalue weighted by molar-refractivity contribution is 9.10. The number of hydrogen-bond acceptors (Lipinski definition) is 3. The molecule has 2 atom stereocenters. The Bertz CT molecular complexity index is 575. The van der Waals surface area contributed by atoms with Gasteiger partial charge in [-0.15, -0.1) is 0 Å². The van der Waals surface area contributed by atoms with Crippen LogP contribution in [0.25, 0.3) is 0 Å². The summed E-state index contributed by atoms with van der Waals surface area (Å²) in [5.41, 5.74) is 0.861. The quantitative estimate of drug-likeness (QED) is 0.867. The van der Waals surface area contributed by atoms with Crippen molar-refractivity contribution in [1.82, 2.24) is 10.2 Å². The van der Waals surface area contributed by atoms with Gasteiger partial charge in [0, 0.05) is 24.1 Å². The maximum Gasteiger partial charge on any atom is 0.244 e. The Morgan fingerprint density at radius 2 is 2.18 bits per heavy atom. The Morgan fingerprint density at radius 1 is 1.45 bits per heavy atom. The molecule has 1 heterocycles. The van der Waals surface area contributed by atoms with E-state index in [2.05, 4.69) is 21.2 Å². The maximum absolute atomic E-state index is 12.6. The van der Waals surface area contributed by atoms with Crippen LogP contribution in [0.2, 0.25) is 0 Å². The number of benzene rings is 1. The number of hydrogen-bond donors (Lipinski definition) is 1. The van der Waals surface area contributed by atoms with Crippen LogP contribution in [-0.4, -0.2) is 43.5 Å². The van der Waals surface area contributed by atoms with Crippen LogP contribution in [-0.2, 0) is 9.59 Å². The lowest BCUT2D eigenvalue weighted by atomic mass is 9.99. The minimum atomic E-state index is -0.483. The second kappa shape index (κ2) is 7.13. The number of rotatable bonds is 5. The fraction of sp³-hybridized carbons (Fsp3) is 0.500. The standard InChI is InChI=1S/C16H21BrN2O3/c1-4-5-13(16(21)19(2)3)18-15(20)12-9-22-14-7-6-10(17)8-11(12)14/h6-8,12-13H,4-5,9H2,1-3H3,(H,18,20). The van der Waals surface area contributed by atoms with Gasteiger partial charge in [0.1, 0.15) is 24.3 Å². The summed E-state index contributed by atoms with van der Waals surface area (Å²) in [6.45, 7) is 2.31. The molecule has 1 N–H and O–H groups in total. The monoisotopic (exact) mass is 368 g/mol. The number of nitrogens with zero attached hydrogens (tertiary/aromatic N) is 1. The average Bonchev–Trinajstić information content (AvgIpc) is 2.88. The third-order valence-corrected chi connectivity index (χ3v) is 4.20. The van der Waals surface area contributed by atoms with E-state index in [9.17, 15) is 9.59 Å². The summed E-state index contributed by atoms with van der Waals surface area (Å²) in [5, 5.41) is 2.88. The average molecular weight is 369 g/mol. The van der Waals surface area contributed by atoms with E-state index in [4.69, 9.17) is 4.74 Å². The van der Waals surface area contributed by atoms with E-state index in [-0.39, 0.29) is 17.7 Å². The zero-order valence-electron chi connectivity index (χ0n) is 13.1. The van der Waals surface area contributed by atoms with Crippen LogP contribution in [0.4, 0.5) is 0 Å². The van der Waals surface area contributed by atoms with Crippen LogP contribution in [0.15, 0.2) is 22.7 Å². The molecule has 2 unspecified atom stereocenters. The molecule has 0 aliphatic carbocycles. The van der Waals surface area contributed by atoms with E-state index in [1.165, 1.54) is 4.90 Å². The number of ether oxygens (including phenoxy) is 1. The first-order valence-corrected chi connectivity index (χ1v) is 8.17. The van der Waals surface area contributed by atoms with Gasteiger partial charge in [-0.1, -0.05) is 29.3 Å². The van der Waals surface area contributed by atoms with E-state index >= 15 is 0 Å². The van der Waals surface area contributed by atoms with Gasteiger partial charge in [-0.3, -0.25) is 9.59 Å². The van der Waals surface area contributed by atoms with Gasteiger partial charge in [0.05, 0.1) is 0 Å². The zero-order chi connectivity index (χ0) is 16.3. The van der Waals surface area contributed by atoms with Crippen LogP contribution in [0.5, 0.6) is 5.75 Å². The third kappa shape index (κ3) is 3.61. The van der Waals surface area contributed by atoms with Crippen molar-refractivity contribution in [2.75, 3.05) is 20.7 Å². The van der Waals surface area contributed by atoms with Gasteiger partial charge >= 0.3 is 0 Å². The van der Waals surface area contributed by atoms with Crippen molar-refractivity contribution < 1.29 is 14.3 Å². The normalized spacial score (nSPS) is 17.4. The SMILES string of the molecule is CCCC(NC(=O)C1COc2ccc(Br)cc21)C(=O)N(C)C. The zero-order valence-corrected chi connectivity index (χ0v) is 14.6. The van der Waals surface area contributed by atoms with Gasteiger partial charge in [0.25, 0.3) is 0 Å². The first kappa shape index (κ1) is 16.8. The Labute approximate surface area is 139 Å². The molecule has 120 valence electrons. The Kier molecular flexibility index (Phi) is 5.45. The van der Waals surface area contributed by atoms with E-state index < -0.39 is 6.04 Å². The molecule has 1 aliphatic heterocycles. The predicted octanol–water partition coefficient (Wildman–Crippen LogP) is 2.30. The second-order valence-corrected chi connectivity index (χ2v) is 6.54. The summed E-state index contributed by atoms with van der Waals surface area (Å²) in [6, 6.07) is 5.15. The van der Waals surface area contributed by atoms with Crippen LogP contribution >= 0.6 is 15.9 Å². The number of likely N-dealkylation sites (N-methyl/N-ethyl adjacent to an activating group) is 1. The molecule has 0 radical (unpaired) electrons. The minimum Gasteiger partial charge on any atom is -0.492 e. The molecule has 1 aliphatic rings. The predicted molar refractivity (Wildman–Crippen MR) is 87.9 cm³/mol. The van der Waals surface area contributed by atoms with Crippen molar-refractivity contribution >= 4 is 27.7 Å². The molecule has 6 heteroatoms. The van der Waals surface area contributed by atoms with Gasteiger partial charge in [-0.25, -0.2) is 0 Å². The number of carbonyl (C=O) groups excluding carboxylic acids is 2. The van der Waals surface area contributed by atoms with Crippen molar-refractivity contribution in [3.63, 3.8) is 0 Å². The first-order chi connectivity index (χ1) is 10.4. The molecule has 0 bridgehead atoms. The lowest BCUT2D eigenvalue weighted by Crippen LogP contribution is -2.47. The molecular formula is C16H21BrN2O3. The fourth-order valence-corrected chi connectivity index (χ4v) is 2.91. The van der Waals surface area contributed by atoms with Gasteiger partial charge in [0.15, 0.2) is 0 Å². The Morgan fingerprint density at radius 3 is 2.82 bits per heavy atom. The third-order valence-electron chi connectivity index (χ3n) is 3.70. The molecule has 5 nitrogen and oxygen atoms in total. The molecule has 0 saturated heterocycles. The highest BCUT2D eigenvalue weighted by Gasteiger charge is 2.33. The number of carbonyl (C=O) groups is 2. The largest absolute Gasteiger partial charge is 0.492 e. The first-order valence-electron chi connectivity index (χ1n) is 7.37. The topological polar surface area (TPSA) is 58.6 Å². The van der Waals surface area contributed by atoms with Gasteiger partial charge in [-0.05, 0) is 24.6 Å². The van der Waals surface area contributed by atoms with Crippen LogP contribution in [0, 0.1) is 0 Å². The molecule has 0 aromatic heterocycles. The Hall–Kier alpha value is -1.56. The molecule has 2 rings (SSSR count). The summed E-state index contributed by atoms with van der Waals surface area (Å²) in [4.78, 5) is 26.2. The second-order valence-electron chi connectivity index (χ2n) is 5.63. The number of fused-ring (bicyclic) bond motifs is 1. The van der Waals surface area contributed by atoms with Crippen LogP contribution in [0.3, 0.4) is 0 Å². The van der Waals surface area contributed by atoms with Crippen molar-refractivity contribution in [2.24, 2.45) is 0 Å². The summed E-state index contributed by atoms with van der Waals surface area (Å²) < 4.78 is 6.47. The highest BCUT2D eigenvalue weighted by Crippen LogP contribution is 2.36.